The highest BCUT2D eigenvalue weighted by atomic mass is 35.5. The van der Waals surface area contributed by atoms with Gasteiger partial charge in [-0.3, -0.25) is 19.8 Å². The molecule has 0 radical (unpaired) electrons. The number of nitrogens with zero attached hydrogens (tertiary/aromatic N) is 2. The molecule has 1 saturated heterocycles. The maximum absolute atomic E-state index is 12.8. The van der Waals surface area contributed by atoms with Gasteiger partial charge in [0.25, 0.3) is 11.6 Å². The number of thioether (sulfide) groups is 2. The van der Waals surface area contributed by atoms with E-state index in [4.69, 9.17) is 28.2 Å². The van der Waals surface area contributed by atoms with Crippen LogP contribution in [-0.2, 0) is 9.59 Å². The normalized spacial score (nSPS) is 16.2. The van der Waals surface area contributed by atoms with Crippen molar-refractivity contribution >= 4 is 75.3 Å². The number of benzene rings is 1. The van der Waals surface area contributed by atoms with E-state index < -0.39 is 22.8 Å². The Morgan fingerprint density at radius 3 is 2.84 bits per heavy atom. The van der Waals surface area contributed by atoms with Crippen LogP contribution in [0.25, 0.3) is 17.4 Å². The minimum Gasteiger partial charge on any atom is -0.480 e. The van der Waals surface area contributed by atoms with Crippen molar-refractivity contribution in [1.29, 1.82) is 0 Å². The molecule has 162 valence electrons. The van der Waals surface area contributed by atoms with Crippen molar-refractivity contribution in [2.24, 2.45) is 0 Å². The Morgan fingerprint density at radius 1 is 1.45 bits per heavy atom. The number of thiocarbonyl (C=S) groups is 1. The molecule has 0 unspecified atom stereocenters. The van der Waals surface area contributed by atoms with Gasteiger partial charge in [0.05, 0.1) is 15.4 Å². The second-order valence-corrected chi connectivity index (χ2v) is 9.41. The van der Waals surface area contributed by atoms with Crippen molar-refractivity contribution in [1.82, 2.24) is 4.90 Å². The minimum atomic E-state index is -1.12. The minimum absolute atomic E-state index is 0.157. The second kappa shape index (κ2) is 9.86. The largest absolute Gasteiger partial charge is 0.480 e. The molecule has 1 aromatic heterocycles. The maximum Gasteiger partial charge on any atom is 0.326 e. The van der Waals surface area contributed by atoms with Crippen molar-refractivity contribution in [3.8, 4) is 11.3 Å². The summed E-state index contributed by atoms with van der Waals surface area (Å²) in [5.74, 6) is -0.570. The molecule has 1 aromatic carbocycles. The summed E-state index contributed by atoms with van der Waals surface area (Å²) in [5.41, 5.74) is 0.0300. The molecule has 8 nitrogen and oxygen atoms in total. The Bertz CT molecular complexity index is 1100. The fraction of sp³-hybridized carbons (Fsp3) is 0.211. The fourth-order valence-electron chi connectivity index (χ4n) is 2.91. The van der Waals surface area contributed by atoms with Gasteiger partial charge in [-0.05, 0) is 42.7 Å². The van der Waals surface area contributed by atoms with Crippen molar-refractivity contribution in [2.75, 3.05) is 12.0 Å². The number of nitro benzene ring substituents is 1. The molecule has 0 spiro atoms. The summed E-state index contributed by atoms with van der Waals surface area (Å²) in [4.78, 5) is 36.5. The molecule has 0 bridgehead atoms. The molecule has 1 aliphatic rings. The van der Waals surface area contributed by atoms with Crippen molar-refractivity contribution in [3.63, 3.8) is 0 Å². The lowest BCUT2D eigenvalue weighted by Gasteiger charge is -2.22. The van der Waals surface area contributed by atoms with Crippen LogP contribution in [0.5, 0.6) is 0 Å². The summed E-state index contributed by atoms with van der Waals surface area (Å²) in [5, 5.41) is 21.1. The molecular weight excluding hydrogens is 484 g/mol. The van der Waals surface area contributed by atoms with Crippen LogP contribution in [0.4, 0.5) is 5.69 Å². The van der Waals surface area contributed by atoms with Gasteiger partial charge in [-0.2, -0.15) is 11.8 Å². The first-order valence-electron chi connectivity index (χ1n) is 8.76. The Kier molecular flexibility index (Phi) is 7.42. The van der Waals surface area contributed by atoms with Crippen molar-refractivity contribution in [3.05, 3.63) is 56.1 Å². The molecule has 0 saturated carbocycles. The lowest BCUT2D eigenvalue weighted by Crippen LogP contribution is -2.44. The molecule has 1 atom stereocenters. The quantitative estimate of drug-likeness (QED) is 0.234. The molecule has 1 aliphatic heterocycles. The van der Waals surface area contributed by atoms with E-state index in [1.165, 1.54) is 36.0 Å². The van der Waals surface area contributed by atoms with Crippen molar-refractivity contribution < 1.29 is 24.0 Å². The summed E-state index contributed by atoms with van der Waals surface area (Å²) in [7, 11) is 0. The summed E-state index contributed by atoms with van der Waals surface area (Å²) in [6.07, 6.45) is 3.56. The van der Waals surface area contributed by atoms with Crippen LogP contribution in [0.3, 0.4) is 0 Å². The molecule has 1 fully saturated rings. The molecule has 0 aliphatic carbocycles. The Morgan fingerprint density at radius 2 is 2.19 bits per heavy atom. The average Bonchev–Trinajstić information content (AvgIpc) is 3.27. The van der Waals surface area contributed by atoms with Gasteiger partial charge < -0.3 is 9.52 Å². The molecule has 3 rings (SSSR count). The smallest absolute Gasteiger partial charge is 0.326 e. The summed E-state index contributed by atoms with van der Waals surface area (Å²) >= 11 is 13.5. The van der Waals surface area contributed by atoms with E-state index in [2.05, 4.69) is 0 Å². The van der Waals surface area contributed by atoms with Crippen LogP contribution in [0.15, 0.2) is 39.7 Å². The lowest BCUT2D eigenvalue weighted by molar-refractivity contribution is -0.384. The third-order valence-electron chi connectivity index (χ3n) is 4.34. The highest BCUT2D eigenvalue weighted by Gasteiger charge is 2.40. The number of furan rings is 1. The van der Waals surface area contributed by atoms with Crippen LogP contribution < -0.4 is 0 Å². The maximum atomic E-state index is 12.8. The molecule has 1 N–H and O–H groups in total. The lowest BCUT2D eigenvalue weighted by atomic mass is 10.1. The summed E-state index contributed by atoms with van der Waals surface area (Å²) < 4.78 is 5.84. The molecule has 12 heteroatoms. The van der Waals surface area contributed by atoms with Gasteiger partial charge in [-0.25, -0.2) is 4.79 Å². The van der Waals surface area contributed by atoms with Gasteiger partial charge in [0, 0.05) is 17.2 Å². The van der Waals surface area contributed by atoms with Crippen molar-refractivity contribution in [2.45, 2.75) is 12.5 Å². The zero-order chi connectivity index (χ0) is 22.7. The molecule has 2 aromatic rings. The Hall–Kier alpha value is -2.34. The third kappa shape index (κ3) is 5.12. The molecule has 1 amide bonds. The number of carbonyl (C=O) groups is 2. The Labute approximate surface area is 195 Å². The van der Waals surface area contributed by atoms with E-state index >= 15 is 0 Å². The van der Waals surface area contributed by atoms with Crippen LogP contribution in [0, 0.1) is 10.1 Å². The average molecular weight is 499 g/mol. The number of carboxylic acid groups (broad SMARTS) is 1. The predicted molar refractivity (Wildman–Crippen MR) is 125 cm³/mol. The number of carboxylic acids is 1. The molecule has 2 heterocycles. The number of carbonyl (C=O) groups excluding carboxylic acids is 1. The van der Waals surface area contributed by atoms with Gasteiger partial charge in [0.15, 0.2) is 0 Å². The number of aliphatic carboxylic acids is 1. The van der Waals surface area contributed by atoms with Gasteiger partial charge in [0.2, 0.25) is 0 Å². The fourth-order valence-corrected chi connectivity index (χ4v) is 4.87. The monoisotopic (exact) mass is 498 g/mol. The summed E-state index contributed by atoms with van der Waals surface area (Å²) in [6, 6.07) is 6.27. The standard InChI is InChI=1S/C19H15ClN2O6S3/c1-30-7-6-13(18(24)25)21-17(23)16(31-19(21)29)9-11-3-5-15(28-11)12-4-2-10(20)8-14(12)22(26)27/h2-5,8-9,13H,6-7H2,1H3,(H,24,25)/b16-9+/t13-/m1/s1. The van der Waals surface area contributed by atoms with E-state index in [0.717, 1.165) is 16.7 Å². The van der Waals surface area contributed by atoms with Gasteiger partial charge in [-0.1, -0.05) is 35.6 Å². The first-order chi connectivity index (χ1) is 14.7. The SMILES string of the molecule is CSCC[C@H](C(=O)O)N1C(=O)/C(=C\c2ccc(-c3ccc(Cl)cc3[N+](=O)[O-])o2)SC1=S. The van der Waals surface area contributed by atoms with Crippen LogP contribution >= 0.6 is 47.3 Å². The van der Waals surface area contributed by atoms with E-state index in [0.29, 0.717) is 5.75 Å². The third-order valence-corrected chi connectivity index (χ3v) is 6.55. The highest BCUT2D eigenvalue weighted by Crippen LogP contribution is 2.37. The van der Waals surface area contributed by atoms with Gasteiger partial charge in [-0.15, -0.1) is 0 Å². The number of hydrogen-bond acceptors (Lipinski definition) is 8. The molecule has 31 heavy (non-hydrogen) atoms. The first-order valence-corrected chi connectivity index (χ1v) is 11.8. The zero-order valence-corrected chi connectivity index (χ0v) is 19.1. The topological polar surface area (TPSA) is 114 Å². The number of rotatable bonds is 8. The van der Waals surface area contributed by atoms with Crippen LogP contribution in [0.2, 0.25) is 5.02 Å². The first kappa shape index (κ1) is 23.3. The number of hydrogen-bond donors (Lipinski definition) is 1. The second-order valence-electron chi connectivity index (χ2n) is 6.31. The predicted octanol–water partition coefficient (Wildman–Crippen LogP) is 4.92. The van der Waals surface area contributed by atoms with E-state index in [9.17, 15) is 24.8 Å². The number of amides is 1. The highest BCUT2D eigenvalue weighted by molar-refractivity contribution is 8.26. The van der Waals surface area contributed by atoms with E-state index in [1.807, 2.05) is 6.26 Å². The van der Waals surface area contributed by atoms with Crippen LogP contribution in [0.1, 0.15) is 12.2 Å². The number of halogens is 1. The van der Waals surface area contributed by atoms with Crippen LogP contribution in [-0.4, -0.2) is 49.2 Å². The van der Waals surface area contributed by atoms with Gasteiger partial charge >= 0.3 is 5.97 Å². The Balaban J connectivity index is 1.88. The zero-order valence-electron chi connectivity index (χ0n) is 15.9. The molecular formula is C19H15ClN2O6S3. The van der Waals surface area contributed by atoms with E-state index in [1.54, 1.807) is 12.1 Å². The van der Waals surface area contributed by atoms with E-state index in [-0.39, 0.29) is 43.4 Å². The number of nitro groups is 1. The van der Waals surface area contributed by atoms with Gasteiger partial charge in [0.1, 0.15) is 21.9 Å². The summed E-state index contributed by atoms with van der Waals surface area (Å²) in [6.45, 7) is 0.